The van der Waals surface area contributed by atoms with Crippen molar-refractivity contribution in [1.29, 1.82) is 0 Å². The lowest BCUT2D eigenvalue weighted by Crippen LogP contribution is -2.37. The molecule has 0 aliphatic heterocycles. The molecule has 2 aromatic heterocycles. The second kappa shape index (κ2) is 8.46. The highest BCUT2D eigenvalue weighted by Crippen LogP contribution is 2.25. The van der Waals surface area contributed by atoms with Crippen molar-refractivity contribution < 1.29 is 28.6 Å². The molecule has 0 bridgehead atoms. The van der Waals surface area contributed by atoms with Crippen LogP contribution in [-0.4, -0.2) is 50.9 Å². The average molecular weight is 398 g/mol. The molecular formula is C19H18N4O6. The predicted octanol–water partition coefficient (Wildman–Crippen LogP) is 1.50. The molecule has 3 rings (SSSR count). The number of benzene rings is 1. The fourth-order valence-electron chi connectivity index (χ4n) is 2.70. The number of ether oxygens (including phenoxy) is 3. The Morgan fingerprint density at radius 2 is 1.62 bits per heavy atom. The van der Waals surface area contributed by atoms with Gasteiger partial charge in [0.05, 0.1) is 12.8 Å². The lowest BCUT2D eigenvalue weighted by atomic mass is 10.1. The Hall–Kier alpha value is -3.82. The van der Waals surface area contributed by atoms with Gasteiger partial charge in [-0.2, -0.15) is 9.61 Å². The zero-order valence-corrected chi connectivity index (χ0v) is 15.9. The number of rotatable bonds is 6. The Labute approximate surface area is 165 Å². The van der Waals surface area contributed by atoms with E-state index >= 15 is 0 Å². The standard InChI is InChI=1S/C19H18N4O6/c1-11(24)28-16(17(19(26)27-3)29-12(2)25)18-21-20-15-10-9-14(22-23(15)18)13-7-5-4-6-8-13/h4-10,16-17H,1-3H3/t16-,17-/m1/s1. The number of carbonyl (C=O) groups excluding carboxylic acids is 3. The lowest BCUT2D eigenvalue weighted by Gasteiger charge is -2.22. The number of esters is 3. The van der Waals surface area contributed by atoms with Crippen molar-refractivity contribution >= 4 is 23.6 Å². The summed E-state index contributed by atoms with van der Waals surface area (Å²) in [5.41, 5.74) is 1.79. The molecule has 0 aliphatic rings. The van der Waals surface area contributed by atoms with E-state index in [4.69, 9.17) is 14.2 Å². The molecule has 3 aromatic rings. The van der Waals surface area contributed by atoms with Crippen LogP contribution in [0.1, 0.15) is 25.8 Å². The normalized spacial score (nSPS) is 12.8. The van der Waals surface area contributed by atoms with Gasteiger partial charge in [-0.05, 0) is 12.1 Å². The van der Waals surface area contributed by atoms with Crippen molar-refractivity contribution in [2.75, 3.05) is 7.11 Å². The second-order valence-corrected chi connectivity index (χ2v) is 6.00. The van der Waals surface area contributed by atoms with E-state index in [1.165, 1.54) is 4.52 Å². The fourth-order valence-corrected chi connectivity index (χ4v) is 2.70. The molecule has 2 heterocycles. The Bertz CT molecular complexity index is 1050. The minimum Gasteiger partial charge on any atom is -0.466 e. The van der Waals surface area contributed by atoms with Crippen molar-refractivity contribution in [3.05, 3.63) is 48.3 Å². The molecule has 29 heavy (non-hydrogen) atoms. The zero-order valence-electron chi connectivity index (χ0n) is 15.9. The maximum atomic E-state index is 12.2. The first kappa shape index (κ1) is 19.9. The Morgan fingerprint density at radius 1 is 0.931 bits per heavy atom. The van der Waals surface area contributed by atoms with E-state index in [9.17, 15) is 14.4 Å². The number of methoxy groups -OCH3 is 1. The van der Waals surface area contributed by atoms with Crippen LogP contribution >= 0.6 is 0 Å². The quantitative estimate of drug-likeness (QED) is 0.449. The third-order valence-electron chi connectivity index (χ3n) is 3.91. The van der Waals surface area contributed by atoms with Gasteiger partial charge in [0, 0.05) is 19.4 Å². The van der Waals surface area contributed by atoms with Gasteiger partial charge < -0.3 is 14.2 Å². The van der Waals surface area contributed by atoms with E-state index in [1.807, 2.05) is 30.3 Å². The highest BCUT2D eigenvalue weighted by atomic mass is 16.6. The second-order valence-electron chi connectivity index (χ2n) is 6.00. The molecule has 2 atom stereocenters. The van der Waals surface area contributed by atoms with Gasteiger partial charge in [-0.25, -0.2) is 4.79 Å². The van der Waals surface area contributed by atoms with Crippen LogP contribution in [0.5, 0.6) is 0 Å². The van der Waals surface area contributed by atoms with Gasteiger partial charge >= 0.3 is 17.9 Å². The largest absolute Gasteiger partial charge is 0.466 e. The Balaban J connectivity index is 2.12. The van der Waals surface area contributed by atoms with Crippen LogP contribution in [0.4, 0.5) is 0 Å². The third-order valence-corrected chi connectivity index (χ3v) is 3.91. The summed E-state index contributed by atoms with van der Waals surface area (Å²) in [7, 11) is 1.12. The molecule has 150 valence electrons. The minimum atomic E-state index is -1.57. The average Bonchev–Trinajstić information content (AvgIpc) is 3.13. The molecule has 10 heteroatoms. The van der Waals surface area contributed by atoms with Gasteiger partial charge in [0.2, 0.25) is 12.2 Å². The molecule has 10 nitrogen and oxygen atoms in total. The van der Waals surface area contributed by atoms with E-state index in [0.29, 0.717) is 11.3 Å². The zero-order chi connectivity index (χ0) is 21.0. The number of nitrogens with zero attached hydrogens (tertiary/aromatic N) is 4. The van der Waals surface area contributed by atoms with Crippen molar-refractivity contribution in [3.8, 4) is 11.3 Å². The molecule has 0 radical (unpaired) electrons. The lowest BCUT2D eigenvalue weighted by molar-refractivity contribution is -0.180. The van der Waals surface area contributed by atoms with Gasteiger partial charge in [-0.15, -0.1) is 10.2 Å². The van der Waals surface area contributed by atoms with Gasteiger partial charge in [-0.1, -0.05) is 30.3 Å². The Morgan fingerprint density at radius 3 is 2.24 bits per heavy atom. The summed E-state index contributed by atoms with van der Waals surface area (Å²) in [5.74, 6) is -2.39. The summed E-state index contributed by atoms with van der Waals surface area (Å²) in [4.78, 5) is 35.4. The number of carbonyl (C=O) groups is 3. The summed E-state index contributed by atoms with van der Waals surface area (Å²) in [6.07, 6.45) is -2.98. The maximum Gasteiger partial charge on any atom is 0.351 e. The SMILES string of the molecule is COC(=O)[C@H](OC(C)=O)[C@@H](OC(C)=O)c1nnc2ccc(-c3ccccc3)nn12. The topological polar surface area (TPSA) is 122 Å². The predicted molar refractivity (Wildman–Crippen MR) is 98.3 cm³/mol. The first-order valence-corrected chi connectivity index (χ1v) is 8.60. The number of hydrogen-bond acceptors (Lipinski definition) is 9. The van der Waals surface area contributed by atoms with Gasteiger partial charge in [0.25, 0.3) is 0 Å². The van der Waals surface area contributed by atoms with E-state index < -0.39 is 30.1 Å². The first-order chi connectivity index (χ1) is 13.9. The van der Waals surface area contributed by atoms with Crippen LogP contribution < -0.4 is 0 Å². The summed E-state index contributed by atoms with van der Waals surface area (Å²) < 4.78 is 16.3. The van der Waals surface area contributed by atoms with Crippen LogP contribution in [0.15, 0.2) is 42.5 Å². The van der Waals surface area contributed by atoms with Gasteiger partial charge in [-0.3, -0.25) is 9.59 Å². The summed E-state index contributed by atoms with van der Waals surface area (Å²) in [6, 6.07) is 12.8. The van der Waals surface area contributed by atoms with Crippen molar-refractivity contribution in [3.63, 3.8) is 0 Å². The number of hydrogen-bond donors (Lipinski definition) is 0. The maximum absolute atomic E-state index is 12.2. The highest BCUT2D eigenvalue weighted by Gasteiger charge is 2.39. The van der Waals surface area contributed by atoms with Crippen LogP contribution in [0.2, 0.25) is 0 Å². The summed E-state index contributed by atoms with van der Waals surface area (Å²) in [5, 5.41) is 12.5. The molecule has 0 aliphatic carbocycles. The van der Waals surface area contributed by atoms with Crippen LogP contribution in [0.3, 0.4) is 0 Å². The molecule has 1 aromatic carbocycles. The molecule has 0 N–H and O–H groups in total. The van der Waals surface area contributed by atoms with Crippen molar-refractivity contribution in [1.82, 2.24) is 19.8 Å². The molecule has 0 saturated carbocycles. The molecule has 0 fully saturated rings. The van der Waals surface area contributed by atoms with Gasteiger partial charge in [0.15, 0.2) is 11.5 Å². The molecule has 0 amide bonds. The van der Waals surface area contributed by atoms with E-state index in [1.54, 1.807) is 12.1 Å². The van der Waals surface area contributed by atoms with Crippen LogP contribution in [-0.2, 0) is 28.6 Å². The van der Waals surface area contributed by atoms with Gasteiger partial charge in [0.1, 0.15) is 0 Å². The fraction of sp³-hybridized carbons (Fsp3) is 0.263. The molecule has 0 saturated heterocycles. The summed E-state index contributed by atoms with van der Waals surface area (Å²) in [6.45, 7) is 2.27. The number of fused-ring (bicyclic) bond motifs is 1. The smallest absolute Gasteiger partial charge is 0.351 e. The van der Waals surface area contributed by atoms with Crippen molar-refractivity contribution in [2.45, 2.75) is 26.1 Å². The minimum absolute atomic E-state index is 0.00429. The summed E-state index contributed by atoms with van der Waals surface area (Å²) >= 11 is 0. The van der Waals surface area contributed by atoms with E-state index in [2.05, 4.69) is 15.3 Å². The van der Waals surface area contributed by atoms with Crippen molar-refractivity contribution in [2.24, 2.45) is 0 Å². The van der Waals surface area contributed by atoms with E-state index in [0.717, 1.165) is 26.5 Å². The van der Waals surface area contributed by atoms with Crippen LogP contribution in [0.25, 0.3) is 16.9 Å². The first-order valence-electron chi connectivity index (χ1n) is 8.60. The molecule has 0 spiro atoms. The monoisotopic (exact) mass is 398 g/mol. The molecule has 0 unspecified atom stereocenters. The Kier molecular flexibility index (Phi) is 5.82. The third kappa shape index (κ3) is 4.37. The number of aromatic nitrogens is 4. The highest BCUT2D eigenvalue weighted by molar-refractivity contribution is 5.80. The molecular weight excluding hydrogens is 380 g/mol. The van der Waals surface area contributed by atoms with E-state index in [-0.39, 0.29) is 5.82 Å². The van der Waals surface area contributed by atoms with Crippen LogP contribution in [0, 0.1) is 0 Å².